The summed E-state index contributed by atoms with van der Waals surface area (Å²) in [7, 11) is -3.80. The van der Waals surface area contributed by atoms with E-state index in [2.05, 4.69) is 15.4 Å². The molecule has 3 aromatic rings. The maximum absolute atomic E-state index is 12.7. The third-order valence-electron chi connectivity index (χ3n) is 4.59. The number of hydrogen-bond donors (Lipinski definition) is 3. The van der Waals surface area contributed by atoms with Crippen LogP contribution in [-0.4, -0.2) is 24.4 Å². The standard InChI is InChI=1S/C22H20N4O5S2/c1-14-6-11-20(15(2)12-14)25-33(30,31)19-9-7-17(8-10-19)23-22(32)24-21(27)16-4-3-5-18(13-16)26(28)29/h3-13,25H,1-2H3,(H2,23,24,27,32). The number of carbonyl (C=O) groups is 1. The first-order chi connectivity index (χ1) is 15.5. The van der Waals surface area contributed by atoms with Gasteiger partial charge in [-0.2, -0.15) is 0 Å². The van der Waals surface area contributed by atoms with E-state index < -0.39 is 20.9 Å². The fraction of sp³-hybridized carbons (Fsp3) is 0.0909. The Bertz CT molecular complexity index is 1340. The number of carbonyl (C=O) groups excluding carboxylic acids is 1. The molecule has 0 saturated heterocycles. The molecule has 0 radical (unpaired) electrons. The van der Waals surface area contributed by atoms with Crippen molar-refractivity contribution in [1.29, 1.82) is 0 Å². The minimum Gasteiger partial charge on any atom is -0.332 e. The van der Waals surface area contributed by atoms with E-state index in [1.165, 1.54) is 42.5 Å². The normalized spacial score (nSPS) is 10.8. The zero-order chi connectivity index (χ0) is 24.2. The van der Waals surface area contributed by atoms with Crippen LogP contribution < -0.4 is 15.4 Å². The van der Waals surface area contributed by atoms with Crippen molar-refractivity contribution in [2.75, 3.05) is 10.0 Å². The first-order valence-electron chi connectivity index (χ1n) is 9.62. The topological polar surface area (TPSA) is 130 Å². The van der Waals surface area contributed by atoms with E-state index in [4.69, 9.17) is 12.2 Å². The number of nitrogens with one attached hydrogen (secondary N) is 3. The molecule has 0 bridgehead atoms. The van der Waals surface area contributed by atoms with Gasteiger partial charge in [0.1, 0.15) is 0 Å². The van der Waals surface area contributed by atoms with Gasteiger partial charge in [-0.15, -0.1) is 0 Å². The van der Waals surface area contributed by atoms with Crippen LogP contribution in [0.3, 0.4) is 0 Å². The van der Waals surface area contributed by atoms with Crippen molar-refractivity contribution < 1.29 is 18.1 Å². The van der Waals surface area contributed by atoms with Crippen LogP contribution in [0.4, 0.5) is 17.1 Å². The average molecular weight is 485 g/mol. The SMILES string of the molecule is Cc1ccc(NS(=O)(=O)c2ccc(NC(=S)NC(=O)c3cccc([N+](=O)[O-])c3)cc2)c(C)c1. The molecule has 9 nitrogen and oxygen atoms in total. The number of non-ortho nitro benzene ring substituents is 1. The number of thiocarbonyl (C=S) groups is 1. The number of nitro benzene ring substituents is 1. The summed E-state index contributed by atoms with van der Waals surface area (Å²) in [6.45, 7) is 3.74. The predicted molar refractivity (Wildman–Crippen MR) is 130 cm³/mol. The fourth-order valence-electron chi connectivity index (χ4n) is 2.95. The molecule has 0 spiro atoms. The quantitative estimate of drug-likeness (QED) is 0.272. The van der Waals surface area contributed by atoms with E-state index in [1.807, 2.05) is 26.0 Å². The van der Waals surface area contributed by atoms with Gasteiger partial charge in [-0.1, -0.05) is 23.8 Å². The van der Waals surface area contributed by atoms with Crippen LogP contribution in [0, 0.1) is 24.0 Å². The van der Waals surface area contributed by atoms with Crippen molar-refractivity contribution in [2.45, 2.75) is 18.7 Å². The summed E-state index contributed by atoms with van der Waals surface area (Å²) >= 11 is 5.11. The Morgan fingerprint density at radius 3 is 2.33 bits per heavy atom. The maximum atomic E-state index is 12.7. The van der Waals surface area contributed by atoms with Crippen LogP contribution in [0.15, 0.2) is 71.6 Å². The van der Waals surface area contributed by atoms with Crippen molar-refractivity contribution in [3.8, 4) is 0 Å². The van der Waals surface area contributed by atoms with Gasteiger partial charge in [0.25, 0.3) is 21.6 Å². The number of nitro groups is 1. The zero-order valence-electron chi connectivity index (χ0n) is 17.7. The van der Waals surface area contributed by atoms with Gasteiger partial charge in [-0.25, -0.2) is 8.42 Å². The highest BCUT2D eigenvalue weighted by Gasteiger charge is 2.16. The molecular formula is C22H20N4O5S2. The Balaban J connectivity index is 1.65. The second-order valence-corrected chi connectivity index (χ2v) is 9.25. The second kappa shape index (κ2) is 9.76. The highest BCUT2D eigenvalue weighted by atomic mass is 32.2. The lowest BCUT2D eigenvalue weighted by Gasteiger charge is -2.13. The minimum atomic E-state index is -3.80. The Morgan fingerprint density at radius 1 is 1.00 bits per heavy atom. The maximum Gasteiger partial charge on any atom is 0.270 e. The van der Waals surface area contributed by atoms with Gasteiger partial charge < -0.3 is 5.32 Å². The average Bonchev–Trinajstić information content (AvgIpc) is 2.76. The molecule has 0 heterocycles. The molecule has 1 amide bonds. The highest BCUT2D eigenvalue weighted by Crippen LogP contribution is 2.22. The Labute approximate surface area is 196 Å². The molecular weight excluding hydrogens is 464 g/mol. The van der Waals surface area contributed by atoms with Gasteiger partial charge in [-0.05, 0) is 68.0 Å². The Morgan fingerprint density at radius 2 is 1.70 bits per heavy atom. The molecule has 3 rings (SSSR count). The number of nitrogens with zero attached hydrogens (tertiary/aromatic N) is 1. The molecule has 0 aromatic heterocycles. The lowest BCUT2D eigenvalue weighted by molar-refractivity contribution is -0.384. The van der Waals surface area contributed by atoms with Crippen molar-refractivity contribution in [1.82, 2.24) is 5.32 Å². The molecule has 0 aliphatic rings. The van der Waals surface area contributed by atoms with Gasteiger partial charge in [0.05, 0.1) is 15.5 Å². The Kier molecular flexibility index (Phi) is 7.04. The molecule has 170 valence electrons. The van der Waals surface area contributed by atoms with Crippen LogP contribution in [0.5, 0.6) is 0 Å². The molecule has 0 unspecified atom stereocenters. The van der Waals surface area contributed by atoms with Gasteiger partial charge in [0.2, 0.25) is 0 Å². The molecule has 0 aliphatic heterocycles. The third-order valence-corrected chi connectivity index (χ3v) is 6.18. The Hall–Kier alpha value is -3.83. The molecule has 0 fully saturated rings. The smallest absolute Gasteiger partial charge is 0.270 e. The van der Waals surface area contributed by atoms with E-state index in [-0.39, 0.29) is 21.3 Å². The first kappa shape index (κ1) is 23.8. The summed E-state index contributed by atoms with van der Waals surface area (Å²) in [5.41, 5.74) is 2.64. The number of hydrogen-bond acceptors (Lipinski definition) is 6. The summed E-state index contributed by atoms with van der Waals surface area (Å²) in [6.07, 6.45) is 0. The summed E-state index contributed by atoms with van der Waals surface area (Å²) in [5, 5.41) is 16.0. The van der Waals surface area contributed by atoms with Gasteiger partial charge in [-0.3, -0.25) is 24.9 Å². The number of rotatable bonds is 6. The lowest BCUT2D eigenvalue weighted by atomic mass is 10.1. The molecule has 0 atom stereocenters. The molecule has 3 aromatic carbocycles. The van der Waals surface area contributed by atoms with E-state index >= 15 is 0 Å². The van der Waals surface area contributed by atoms with Gasteiger partial charge in [0, 0.05) is 23.4 Å². The molecule has 11 heteroatoms. The highest BCUT2D eigenvalue weighted by molar-refractivity contribution is 7.92. The van der Waals surface area contributed by atoms with E-state index in [0.717, 1.165) is 17.2 Å². The zero-order valence-corrected chi connectivity index (χ0v) is 19.3. The van der Waals surface area contributed by atoms with Crippen molar-refractivity contribution in [2.24, 2.45) is 0 Å². The van der Waals surface area contributed by atoms with Crippen LogP contribution in [0.2, 0.25) is 0 Å². The number of sulfonamides is 1. The van der Waals surface area contributed by atoms with Crippen LogP contribution in [0.25, 0.3) is 0 Å². The summed E-state index contributed by atoms with van der Waals surface area (Å²) in [6, 6.07) is 16.5. The number of benzene rings is 3. The van der Waals surface area contributed by atoms with Crippen LogP contribution in [-0.2, 0) is 10.0 Å². The number of anilines is 2. The molecule has 3 N–H and O–H groups in total. The van der Waals surface area contributed by atoms with E-state index in [0.29, 0.717) is 11.4 Å². The fourth-order valence-corrected chi connectivity index (χ4v) is 4.29. The minimum absolute atomic E-state index is 0.0458. The third kappa shape index (κ3) is 6.11. The molecule has 33 heavy (non-hydrogen) atoms. The number of aryl methyl sites for hydroxylation is 2. The van der Waals surface area contributed by atoms with Gasteiger partial charge >= 0.3 is 0 Å². The molecule has 0 aliphatic carbocycles. The first-order valence-corrected chi connectivity index (χ1v) is 11.5. The molecule has 0 saturated carbocycles. The van der Waals surface area contributed by atoms with E-state index in [9.17, 15) is 23.3 Å². The van der Waals surface area contributed by atoms with Crippen LogP contribution in [0.1, 0.15) is 21.5 Å². The van der Waals surface area contributed by atoms with Crippen LogP contribution >= 0.6 is 12.2 Å². The lowest BCUT2D eigenvalue weighted by Crippen LogP contribution is -2.34. The summed E-state index contributed by atoms with van der Waals surface area (Å²) in [4.78, 5) is 22.6. The summed E-state index contributed by atoms with van der Waals surface area (Å²) < 4.78 is 27.9. The largest absolute Gasteiger partial charge is 0.332 e. The summed E-state index contributed by atoms with van der Waals surface area (Å²) in [5.74, 6) is -0.618. The van der Waals surface area contributed by atoms with Crippen molar-refractivity contribution in [3.05, 3.63) is 93.5 Å². The predicted octanol–water partition coefficient (Wildman–Crippen LogP) is 4.14. The number of amides is 1. The second-order valence-electron chi connectivity index (χ2n) is 7.16. The van der Waals surface area contributed by atoms with Gasteiger partial charge in [0.15, 0.2) is 5.11 Å². The van der Waals surface area contributed by atoms with Crippen molar-refractivity contribution in [3.63, 3.8) is 0 Å². The monoisotopic (exact) mass is 484 g/mol. The van der Waals surface area contributed by atoms with E-state index in [1.54, 1.807) is 6.07 Å². The van der Waals surface area contributed by atoms with Crippen molar-refractivity contribution >= 4 is 50.3 Å².